The molecule has 5 nitrogen and oxygen atoms in total. The molecule has 9 aromatic rings. The second-order valence-electron chi connectivity index (χ2n) is 10.7. The van der Waals surface area contributed by atoms with Crippen LogP contribution in [-0.4, -0.2) is 4.57 Å². The quantitative estimate of drug-likeness (QED) is 0.215. The van der Waals surface area contributed by atoms with Crippen molar-refractivity contribution >= 4 is 65.7 Å². The van der Waals surface area contributed by atoms with Crippen LogP contribution in [0.25, 0.3) is 82.5 Å². The maximum absolute atomic E-state index is 10.3. The van der Waals surface area contributed by atoms with E-state index in [4.69, 9.17) is 8.83 Å². The Balaban J connectivity index is 1.37. The fourth-order valence-corrected chi connectivity index (χ4v) is 6.63. The van der Waals surface area contributed by atoms with Crippen LogP contribution in [0.1, 0.15) is 11.1 Å². The first kappa shape index (κ1) is 23.4. The first-order chi connectivity index (χ1) is 21.2. The van der Waals surface area contributed by atoms with Gasteiger partial charge in [0.05, 0.1) is 45.4 Å². The van der Waals surface area contributed by atoms with E-state index in [9.17, 15) is 10.5 Å². The van der Waals surface area contributed by atoms with Gasteiger partial charge in [-0.25, -0.2) is 0 Å². The van der Waals surface area contributed by atoms with Crippen LogP contribution >= 0.6 is 0 Å². The van der Waals surface area contributed by atoms with E-state index in [1.807, 2.05) is 60.7 Å². The Hall–Kier alpha value is -6.30. The molecule has 198 valence electrons. The van der Waals surface area contributed by atoms with Crippen molar-refractivity contribution in [3.63, 3.8) is 0 Å². The van der Waals surface area contributed by atoms with Crippen LogP contribution in [-0.2, 0) is 0 Å². The third-order valence-electron chi connectivity index (χ3n) is 8.47. The molecule has 43 heavy (non-hydrogen) atoms. The van der Waals surface area contributed by atoms with E-state index in [0.29, 0.717) is 11.1 Å². The van der Waals surface area contributed by atoms with E-state index < -0.39 is 0 Å². The number of hydrogen-bond donors (Lipinski definition) is 0. The minimum absolute atomic E-state index is 0.584. The van der Waals surface area contributed by atoms with Crippen LogP contribution in [0.3, 0.4) is 0 Å². The largest absolute Gasteiger partial charge is 0.456 e. The van der Waals surface area contributed by atoms with Gasteiger partial charge in [-0.05, 0) is 72.3 Å². The summed E-state index contributed by atoms with van der Waals surface area (Å²) in [5.41, 5.74) is 8.91. The highest BCUT2D eigenvalue weighted by molar-refractivity contribution is 6.22. The van der Waals surface area contributed by atoms with Crippen molar-refractivity contribution in [2.24, 2.45) is 0 Å². The monoisotopic (exact) mass is 549 g/mol. The van der Waals surface area contributed by atoms with E-state index in [-0.39, 0.29) is 0 Å². The Labute approximate surface area is 244 Å². The van der Waals surface area contributed by atoms with E-state index in [2.05, 4.69) is 65.2 Å². The summed E-state index contributed by atoms with van der Waals surface area (Å²) in [5.74, 6) is 0. The van der Waals surface area contributed by atoms with Gasteiger partial charge in [0.1, 0.15) is 22.3 Å². The predicted molar refractivity (Wildman–Crippen MR) is 170 cm³/mol. The lowest BCUT2D eigenvalue weighted by Gasteiger charge is -2.15. The molecule has 0 bridgehead atoms. The number of rotatable bonds is 2. The van der Waals surface area contributed by atoms with Gasteiger partial charge in [-0.15, -0.1) is 0 Å². The lowest BCUT2D eigenvalue weighted by molar-refractivity contribution is 0.663. The molecular formula is C38H19N3O2. The Morgan fingerprint density at radius 2 is 1.26 bits per heavy atom. The highest BCUT2D eigenvalue weighted by Gasteiger charge is 2.21. The number of fused-ring (bicyclic) bond motifs is 10. The van der Waals surface area contributed by atoms with Crippen LogP contribution in [0, 0.1) is 22.7 Å². The fourth-order valence-electron chi connectivity index (χ4n) is 6.63. The summed E-state index contributed by atoms with van der Waals surface area (Å²) in [6, 6.07) is 42.8. The highest BCUT2D eigenvalue weighted by Crippen LogP contribution is 2.42. The van der Waals surface area contributed by atoms with Crippen LogP contribution in [0.5, 0.6) is 0 Å². The average molecular weight is 550 g/mol. The number of hydrogen-bond acceptors (Lipinski definition) is 4. The fraction of sp³-hybridized carbons (Fsp3) is 0. The lowest BCUT2D eigenvalue weighted by Crippen LogP contribution is -1.99. The highest BCUT2D eigenvalue weighted by atomic mass is 16.3. The number of aromatic nitrogens is 1. The Morgan fingerprint density at radius 1 is 0.535 bits per heavy atom. The number of nitriles is 2. The van der Waals surface area contributed by atoms with Crippen molar-refractivity contribution in [1.29, 1.82) is 10.5 Å². The second-order valence-corrected chi connectivity index (χ2v) is 10.7. The molecule has 3 heterocycles. The molecule has 3 aromatic heterocycles. The zero-order valence-electron chi connectivity index (χ0n) is 22.6. The van der Waals surface area contributed by atoms with Gasteiger partial charge in [-0.3, -0.25) is 0 Å². The molecule has 0 atom stereocenters. The van der Waals surface area contributed by atoms with Crippen molar-refractivity contribution in [2.75, 3.05) is 0 Å². The Kier molecular flexibility index (Phi) is 4.68. The van der Waals surface area contributed by atoms with Crippen LogP contribution < -0.4 is 0 Å². The lowest BCUT2D eigenvalue weighted by atomic mass is 9.96. The summed E-state index contributed by atoms with van der Waals surface area (Å²) in [6.45, 7) is 0. The number of furan rings is 2. The van der Waals surface area contributed by atoms with Gasteiger partial charge in [0.15, 0.2) is 0 Å². The van der Waals surface area contributed by atoms with E-state index in [1.165, 1.54) is 0 Å². The van der Waals surface area contributed by atoms with Gasteiger partial charge in [-0.1, -0.05) is 48.5 Å². The van der Waals surface area contributed by atoms with E-state index >= 15 is 0 Å². The van der Waals surface area contributed by atoms with Gasteiger partial charge in [0.2, 0.25) is 0 Å². The topological polar surface area (TPSA) is 78.8 Å². The molecule has 0 radical (unpaired) electrons. The second kappa shape index (κ2) is 8.60. The number of para-hydroxylation sites is 2. The van der Waals surface area contributed by atoms with Crippen molar-refractivity contribution < 1.29 is 8.83 Å². The Morgan fingerprint density at radius 3 is 2.02 bits per heavy atom. The molecule has 0 spiro atoms. The van der Waals surface area contributed by atoms with Crippen LogP contribution in [0.15, 0.2) is 124 Å². The first-order valence-electron chi connectivity index (χ1n) is 14.0. The summed E-state index contributed by atoms with van der Waals surface area (Å²) in [7, 11) is 0. The van der Waals surface area contributed by atoms with Crippen LogP contribution in [0.4, 0.5) is 0 Å². The van der Waals surface area contributed by atoms with Crippen molar-refractivity contribution in [3.05, 3.63) is 126 Å². The minimum Gasteiger partial charge on any atom is -0.456 e. The molecular weight excluding hydrogens is 530 g/mol. The molecule has 0 amide bonds. The smallest absolute Gasteiger partial charge is 0.147 e. The molecule has 0 aliphatic rings. The van der Waals surface area contributed by atoms with Crippen molar-refractivity contribution in [2.45, 2.75) is 0 Å². The van der Waals surface area contributed by atoms with E-state index in [1.54, 1.807) is 6.07 Å². The first-order valence-corrected chi connectivity index (χ1v) is 14.0. The van der Waals surface area contributed by atoms with Gasteiger partial charge >= 0.3 is 0 Å². The molecule has 5 heteroatoms. The summed E-state index contributed by atoms with van der Waals surface area (Å²) >= 11 is 0. The SMILES string of the molecule is N#Cc1ccc2oc3c(ccc4oc5ccc(-c6c(C#N)cccc6-n6c7ccccc7c7ccccc76)cc5c43)c2c1. The standard InChI is InChI=1S/C38H19N3O2/c39-20-22-12-15-33-28(18-22)27-14-17-35-37(38(27)43-33)29-19-23(13-16-34(29)42-35)36-24(21-40)6-5-11-32(36)41-30-9-3-1-7-25(30)26-8-2-4-10-31(26)41/h1-19H. The minimum atomic E-state index is 0.584. The van der Waals surface area contributed by atoms with Crippen LogP contribution in [0.2, 0.25) is 0 Å². The molecule has 0 saturated carbocycles. The summed E-state index contributed by atoms with van der Waals surface area (Å²) < 4.78 is 14.9. The maximum Gasteiger partial charge on any atom is 0.147 e. The number of benzene rings is 6. The van der Waals surface area contributed by atoms with Crippen molar-refractivity contribution in [3.8, 4) is 29.0 Å². The molecule has 6 aromatic carbocycles. The summed E-state index contributed by atoms with van der Waals surface area (Å²) in [4.78, 5) is 0. The van der Waals surface area contributed by atoms with Gasteiger partial charge in [0, 0.05) is 32.5 Å². The molecule has 0 fully saturated rings. The predicted octanol–water partition coefficient (Wildman–Crippen LogP) is 9.99. The van der Waals surface area contributed by atoms with Crippen molar-refractivity contribution in [1.82, 2.24) is 4.57 Å². The summed E-state index contributed by atoms with van der Waals surface area (Å²) in [5, 5.41) is 25.7. The van der Waals surface area contributed by atoms with Gasteiger partial charge in [0.25, 0.3) is 0 Å². The molecule has 0 N–H and O–H groups in total. The molecule has 0 unspecified atom stereocenters. The molecule has 0 saturated heterocycles. The van der Waals surface area contributed by atoms with Gasteiger partial charge in [-0.2, -0.15) is 10.5 Å². The Bertz CT molecular complexity index is 2650. The molecule has 0 aliphatic heterocycles. The van der Waals surface area contributed by atoms with E-state index in [0.717, 1.165) is 82.5 Å². The molecule has 9 rings (SSSR count). The zero-order valence-corrected chi connectivity index (χ0v) is 22.6. The number of nitrogens with zero attached hydrogens (tertiary/aromatic N) is 3. The molecule has 0 aliphatic carbocycles. The normalized spacial score (nSPS) is 11.7. The van der Waals surface area contributed by atoms with Gasteiger partial charge < -0.3 is 13.4 Å². The third-order valence-corrected chi connectivity index (χ3v) is 8.47. The maximum atomic E-state index is 10.3. The summed E-state index contributed by atoms with van der Waals surface area (Å²) in [6.07, 6.45) is 0. The average Bonchev–Trinajstić information content (AvgIpc) is 3.73. The third kappa shape index (κ3) is 3.19. The zero-order chi connectivity index (χ0) is 28.7.